The van der Waals surface area contributed by atoms with Crippen LogP contribution in [0.5, 0.6) is 0 Å². The minimum atomic E-state index is -0.281. The molecule has 17 heavy (non-hydrogen) atoms. The first-order chi connectivity index (χ1) is 8.31. The van der Waals surface area contributed by atoms with Crippen LogP contribution in [-0.2, 0) is 4.74 Å². The summed E-state index contributed by atoms with van der Waals surface area (Å²) >= 11 is 0. The Labute approximate surface area is 101 Å². The fraction of sp³-hybridized carbons (Fsp3) is 0.462. The topological polar surface area (TPSA) is 33.6 Å². The highest BCUT2D eigenvalue weighted by atomic mass is 19.1. The third-order valence-electron chi connectivity index (χ3n) is 2.66. The molecular formula is C13H17FN2O. The van der Waals surface area contributed by atoms with Gasteiger partial charge in [-0.1, -0.05) is 12.1 Å². The van der Waals surface area contributed by atoms with Gasteiger partial charge in [0, 0.05) is 19.7 Å². The summed E-state index contributed by atoms with van der Waals surface area (Å²) in [4.78, 5) is 4.41. The molecule has 0 radical (unpaired) electrons. The summed E-state index contributed by atoms with van der Waals surface area (Å²) in [7, 11) is 0. The molecule has 4 heteroatoms. The highest BCUT2D eigenvalue weighted by Gasteiger charge is 2.20. The Morgan fingerprint density at radius 1 is 1.53 bits per heavy atom. The smallest absolute Gasteiger partial charge is 0.139 e. The van der Waals surface area contributed by atoms with Crippen LogP contribution in [0.3, 0.4) is 0 Å². The first-order valence-corrected chi connectivity index (χ1v) is 5.96. The van der Waals surface area contributed by atoms with Gasteiger partial charge in [0.25, 0.3) is 0 Å². The number of halogens is 1. The van der Waals surface area contributed by atoms with Crippen LogP contribution in [0.4, 0.5) is 4.39 Å². The molecule has 1 heterocycles. The van der Waals surface area contributed by atoms with Gasteiger partial charge in [0.2, 0.25) is 0 Å². The Hall–Kier alpha value is -1.42. The van der Waals surface area contributed by atoms with Gasteiger partial charge in [0.15, 0.2) is 0 Å². The molecule has 0 saturated carbocycles. The van der Waals surface area contributed by atoms with Crippen LogP contribution >= 0.6 is 0 Å². The molecule has 1 N–H and O–H groups in total. The molecule has 0 bridgehead atoms. The summed E-state index contributed by atoms with van der Waals surface area (Å²) in [6.07, 6.45) is 0.752. The number of hydrogen-bond acceptors (Lipinski definition) is 3. The standard InChI is InChI=1S/C13H17FN2O/c1-2-17-12(13-15-7-4-8-16-13)10-5-3-6-11(14)9-10/h3,5-6,9,12H,2,4,7-8H2,1H3,(H,15,16). The van der Waals surface area contributed by atoms with E-state index in [1.807, 2.05) is 13.0 Å². The Morgan fingerprint density at radius 2 is 2.41 bits per heavy atom. The fourth-order valence-electron chi connectivity index (χ4n) is 1.90. The highest BCUT2D eigenvalue weighted by molar-refractivity contribution is 5.88. The number of amidine groups is 1. The molecule has 0 saturated heterocycles. The van der Waals surface area contributed by atoms with E-state index in [2.05, 4.69) is 10.3 Å². The van der Waals surface area contributed by atoms with Gasteiger partial charge in [-0.15, -0.1) is 0 Å². The van der Waals surface area contributed by atoms with Gasteiger partial charge in [-0.2, -0.15) is 0 Å². The van der Waals surface area contributed by atoms with Crippen LogP contribution in [0.15, 0.2) is 29.3 Å². The van der Waals surface area contributed by atoms with Crippen molar-refractivity contribution < 1.29 is 9.13 Å². The molecule has 0 fully saturated rings. The van der Waals surface area contributed by atoms with Gasteiger partial charge in [-0.25, -0.2) is 4.39 Å². The van der Waals surface area contributed by atoms with E-state index in [0.29, 0.717) is 6.61 Å². The lowest BCUT2D eigenvalue weighted by molar-refractivity contribution is 0.107. The number of benzene rings is 1. The summed E-state index contributed by atoms with van der Waals surface area (Å²) in [5.41, 5.74) is 0.806. The van der Waals surface area contributed by atoms with Gasteiger partial charge in [-0.05, 0) is 31.0 Å². The number of rotatable bonds is 4. The third-order valence-corrected chi connectivity index (χ3v) is 2.66. The number of nitrogens with zero attached hydrogens (tertiary/aromatic N) is 1. The molecule has 3 nitrogen and oxygen atoms in total. The zero-order chi connectivity index (χ0) is 12.1. The predicted molar refractivity (Wildman–Crippen MR) is 65.7 cm³/mol. The molecule has 92 valence electrons. The van der Waals surface area contributed by atoms with E-state index in [0.717, 1.165) is 30.9 Å². The average molecular weight is 236 g/mol. The van der Waals surface area contributed by atoms with E-state index < -0.39 is 0 Å². The summed E-state index contributed by atoms with van der Waals surface area (Å²) in [6, 6.07) is 6.49. The Bertz CT molecular complexity index is 406. The molecule has 0 aromatic heterocycles. The van der Waals surface area contributed by atoms with Gasteiger partial charge < -0.3 is 10.1 Å². The van der Waals surface area contributed by atoms with E-state index in [-0.39, 0.29) is 11.9 Å². The molecule has 1 atom stereocenters. The largest absolute Gasteiger partial charge is 0.371 e. The van der Waals surface area contributed by atoms with E-state index in [1.165, 1.54) is 12.1 Å². The van der Waals surface area contributed by atoms with Crippen LogP contribution in [0.1, 0.15) is 25.0 Å². The lowest BCUT2D eigenvalue weighted by Gasteiger charge is -2.23. The maximum Gasteiger partial charge on any atom is 0.139 e. The lowest BCUT2D eigenvalue weighted by Crippen LogP contribution is -2.35. The normalized spacial score (nSPS) is 17.2. The van der Waals surface area contributed by atoms with Crippen LogP contribution in [-0.4, -0.2) is 25.5 Å². The number of ether oxygens (including phenoxy) is 1. The molecule has 0 amide bonds. The molecule has 1 aromatic carbocycles. The second-order valence-corrected chi connectivity index (χ2v) is 3.94. The molecule has 1 aliphatic heterocycles. The van der Waals surface area contributed by atoms with Gasteiger partial charge in [0.05, 0.1) is 0 Å². The average Bonchev–Trinajstić information content (AvgIpc) is 2.37. The van der Waals surface area contributed by atoms with Crippen molar-refractivity contribution >= 4 is 5.84 Å². The van der Waals surface area contributed by atoms with Crippen molar-refractivity contribution in [2.45, 2.75) is 19.4 Å². The maximum absolute atomic E-state index is 13.2. The van der Waals surface area contributed by atoms with Crippen molar-refractivity contribution in [1.29, 1.82) is 0 Å². The van der Waals surface area contributed by atoms with Crippen molar-refractivity contribution in [2.75, 3.05) is 19.7 Å². The first kappa shape index (κ1) is 12.0. The molecular weight excluding hydrogens is 219 g/mol. The van der Waals surface area contributed by atoms with Gasteiger partial charge >= 0.3 is 0 Å². The minimum Gasteiger partial charge on any atom is -0.371 e. The first-order valence-electron chi connectivity index (χ1n) is 5.96. The molecule has 2 rings (SSSR count). The second-order valence-electron chi connectivity index (χ2n) is 3.94. The zero-order valence-corrected chi connectivity index (χ0v) is 9.95. The van der Waals surface area contributed by atoms with Crippen molar-refractivity contribution in [1.82, 2.24) is 5.32 Å². The van der Waals surface area contributed by atoms with Crippen LogP contribution in [0, 0.1) is 5.82 Å². The fourth-order valence-corrected chi connectivity index (χ4v) is 1.90. The molecule has 0 spiro atoms. The number of hydrogen-bond donors (Lipinski definition) is 1. The summed E-state index contributed by atoms with van der Waals surface area (Å²) in [5, 5.41) is 3.22. The van der Waals surface area contributed by atoms with Gasteiger partial charge in [0.1, 0.15) is 17.8 Å². The Balaban J connectivity index is 2.24. The molecule has 1 aliphatic rings. The van der Waals surface area contributed by atoms with Crippen molar-refractivity contribution in [2.24, 2.45) is 4.99 Å². The zero-order valence-electron chi connectivity index (χ0n) is 9.95. The molecule has 1 aromatic rings. The summed E-state index contributed by atoms with van der Waals surface area (Å²) in [6.45, 7) is 4.20. The quantitative estimate of drug-likeness (QED) is 0.870. The monoisotopic (exact) mass is 236 g/mol. The van der Waals surface area contributed by atoms with Crippen molar-refractivity contribution in [3.63, 3.8) is 0 Å². The van der Waals surface area contributed by atoms with Crippen LogP contribution in [0.2, 0.25) is 0 Å². The predicted octanol–water partition coefficient (Wildman–Crippen LogP) is 2.30. The highest BCUT2D eigenvalue weighted by Crippen LogP contribution is 2.20. The Morgan fingerprint density at radius 3 is 3.06 bits per heavy atom. The van der Waals surface area contributed by atoms with Gasteiger partial charge in [-0.3, -0.25) is 4.99 Å². The van der Waals surface area contributed by atoms with Crippen molar-refractivity contribution in [3.05, 3.63) is 35.6 Å². The van der Waals surface area contributed by atoms with Crippen molar-refractivity contribution in [3.8, 4) is 0 Å². The summed E-state index contributed by atoms with van der Waals surface area (Å²) < 4.78 is 18.9. The Kier molecular flexibility index (Phi) is 4.09. The van der Waals surface area contributed by atoms with Crippen LogP contribution in [0.25, 0.3) is 0 Å². The van der Waals surface area contributed by atoms with E-state index >= 15 is 0 Å². The van der Waals surface area contributed by atoms with Crippen LogP contribution < -0.4 is 5.32 Å². The van der Waals surface area contributed by atoms with E-state index in [4.69, 9.17) is 4.74 Å². The molecule has 1 unspecified atom stereocenters. The third kappa shape index (κ3) is 3.03. The lowest BCUT2D eigenvalue weighted by atomic mass is 10.1. The van der Waals surface area contributed by atoms with E-state index in [1.54, 1.807) is 6.07 Å². The SMILES string of the molecule is CCOC(C1=NCCCN1)c1cccc(F)c1. The number of aliphatic imine (C=N–C) groups is 1. The number of nitrogens with one attached hydrogen (secondary N) is 1. The maximum atomic E-state index is 13.2. The molecule has 0 aliphatic carbocycles. The second kappa shape index (κ2) is 5.77. The summed E-state index contributed by atoms with van der Waals surface area (Å²) in [5.74, 6) is 0.562. The van der Waals surface area contributed by atoms with E-state index in [9.17, 15) is 4.39 Å². The minimum absolute atomic E-state index is 0.247.